The third-order valence-electron chi connectivity index (χ3n) is 2.37. The number of nitrogens with one attached hydrogen (secondary N) is 1. The molecule has 0 aliphatic rings. The fourth-order valence-electron chi connectivity index (χ4n) is 1.49. The molecule has 1 atom stereocenters. The molecule has 0 saturated carbocycles. The largest absolute Gasteiger partial charge is 0.383 e. The second kappa shape index (κ2) is 6.97. The molecule has 1 aromatic rings. The van der Waals surface area contributed by atoms with E-state index >= 15 is 0 Å². The molecule has 0 aliphatic heterocycles. The Bertz CT molecular complexity index is 328. The Morgan fingerprint density at radius 1 is 1.53 bits per heavy atom. The first-order valence-corrected chi connectivity index (χ1v) is 5.35. The molecule has 96 valence electrons. The predicted molar refractivity (Wildman–Crippen MR) is 60.6 cm³/mol. The maximum atomic E-state index is 12.1. The highest BCUT2D eigenvalue weighted by atomic mass is 16.5. The summed E-state index contributed by atoms with van der Waals surface area (Å²) in [5.74, 6) is -0.180. The summed E-state index contributed by atoms with van der Waals surface area (Å²) >= 11 is 0. The van der Waals surface area contributed by atoms with Crippen molar-refractivity contribution < 1.29 is 14.3 Å². The lowest BCUT2D eigenvalue weighted by Crippen LogP contribution is -2.43. The first-order chi connectivity index (χ1) is 8.20. The molecule has 1 amide bonds. The Kier molecular flexibility index (Phi) is 5.58. The lowest BCUT2D eigenvalue weighted by molar-refractivity contribution is 0.0474. The topological polar surface area (TPSA) is 80.3 Å². The zero-order valence-corrected chi connectivity index (χ0v) is 10.3. The van der Waals surface area contributed by atoms with Crippen molar-refractivity contribution in [2.75, 3.05) is 34.0 Å². The number of rotatable bonds is 7. The van der Waals surface area contributed by atoms with E-state index in [1.807, 2.05) is 6.92 Å². The number of aromatic amines is 1. The van der Waals surface area contributed by atoms with Crippen LogP contribution in [0.25, 0.3) is 0 Å². The Morgan fingerprint density at radius 3 is 2.82 bits per heavy atom. The van der Waals surface area contributed by atoms with Crippen molar-refractivity contribution in [2.24, 2.45) is 0 Å². The Hall–Kier alpha value is -1.47. The molecule has 0 aliphatic carbocycles. The number of ether oxygens (including phenoxy) is 2. The molecule has 1 unspecified atom stereocenters. The molecule has 0 bridgehead atoms. The number of aromatic nitrogens is 3. The second-order valence-corrected chi connectivity index (χ2v) is 3.65. The molecule has 1 N–H and O–H groups in total. The fraction of sp³-hybridized carbons (Fsp3) is 0.700. The summed E-state index contributed by atoms with van der Waals surface area (Å²) in [4.78, 5) is 13.8. The Balaban J connectivity index is 2.71. The lowest BCUT2D eigenvalue weighted by atomic mass is 10.2. The van der Waals surface area contributed by atoms with Gasteiger partial charge in [-0.25, -0.2) is 0 Å². The van der Waals surface area contributed by atoms with Crippen molar-refractivity contribution in [2.45, 2.75) is 13.0 Å². The van der Waals surface area contributed by atoms with E-state index in [4.69, 9.17) is 9.47 Å². The molecular formula is C10H18N4O3. The third kappa shape index (κ3) is 3.79. The molecule has 1 heterocycles. The lowest BCUT2D eigenvalue weighted by Gasteiger charge is -2.27. The summed E-state index contributed by atoms with van der Waals surface area (Å²) in [5, 5.41) is 9.83. The van der Waals surface area contributed by atoms with Gasteiger partial charge in [0.05, 0.1) is 25.5 Å². The number of methoxy groups -OCH3 is 2. The summed E-state index contributed by atoms with van der Waals surface area (Å²) in [6.45, 7) is 3.34. The molecule has 0 radical (unpaired) electrons. The zero-order chi connectivity index (χ0) is 12.7. The molecule has 7 nitrogen and oxygen atoms in total. The van der Waals surface area contributed by atoms with Crippen LogP contribution in [0.5, 0.6) is 0 Å². The Labute approximate surface area is 100 Å². The summed E-state index contributed by atoms with van der Waals surface area (Å²) in [5.41, 5.74) is 0.295. The van der Waals surface area contributed by atoms with Crippen LogP contribution >= 0.6 is 0 Å². The average Bonchev–Trinajstić information content (AvgIpc) is 2.83. The number of nitrogens with zero attached hydrogens (tertiary/aromatic N) is 3. The van der Waals surface area contributed by atoms with Crippen molar-refractivity contribution >= 4 is 5.91 Å². The van der Waals surface area contributed by atoms with Crippen molar-refractivity contribution in [3.63, 3.8) is 0 Å². The summed E-state index contributed by atoms with van der Waals surface area (Å²) in [6, 6.07) is -0.0423. The molecule has 17 heavy (non-hydrogen) atoms. The third-order valence-corrected chi connectivity index (χ3v) is 2.37. The molecule has 0 saturated heterocycles. The first kappa shape index (κ1) is 13.6. The van der Waals surface area contributed by atoms with Crippen LogP contribution in [-0.2, 0) is 9.47 Å². The van der Waals surface area contributed by atoms with Gasteiger partial charge in [0.15, 0.2) is 5.69 Å². The summed E-state index contributed by atoms with van der Waals surface area (Å²) in [7, 11) is 3.20. The van der Waals surface area contributed by atoms with Crippen LogP contribution in [0.3, 0.4) is 0 Å². The van der Waals surface area contributed by atoms with Crippen molar-refractivity contribution in [3.8, 4) is 0 Å². The smallest absolute Gasteiger partial charge is 0.276 e. The van der Waals surface area contributed by atoms with Crippen LogP contribution in [0.2, 0.25) is 0 Å². The van der Waals surface area contributed by atoms with Gasteiger partial charge < -0.3 is 14.4 Å². The van der Waals surface area contributed by atoms with Crippen LogP contribution in [0, 0.1) is 0 Å². The minimum atomic E-state index is -0.180. The van der Waals surface area contributed by atoms with Gasteiger partial charge in [-0.15, -0.1) is 0 Å². The SMILES string of the molecule is COCCN(C(=O)c1cn[nH]n1)C(C)COC. The van der Waals surface area contributed by atoms with Crippen LogP contribution in [0.15, 0.2) is 6.20 Å². The molecular weight excluding hydrogens is 224 g/mol. The highest BCUT2D eigenvalue weighted by Crippen LogP contribution is 2.05. The quantitative estimate of drug-likeness (QED) is 0.723. The van der Waals surface area contributed by atoms with Crippen molar-refractivity contribution in [1.82, 2.24) is 20.3 Å². The standard InChI is InChI=1S/C10H18N4O3/c1-8(7-17-3)14(4-5-16-2)10(15)9-6-11-13-12-9/h6,8H,4-5,7H2,1-3H3,(H,11,12,13). The second-order valence-electron chi connectivity index (χ2n) is 3.65. The monoisotopic (exact) mass is 242 g/mol. The molecule has 1 rings (SSSR count). The number of hydrogen-bond acceptors (Lipinski definition) is 5. The average molecular weight is 242 g/mol. The molecule has 0 spiro atoms. The number of carbonyl (C=O) groups is 1. The van der Waals surface area contributed by atoms with Gasteiger partial charge in [-0.1, -0.05) is 0 Å². The first-order valence-electron chi connectivity index (χ1n) is 5.35. The van der Waals surface area contributed by atoms with Gasteiger partial charge in [0, 0.05) is 20.8 Å². The molecule has 7 heteroatoms. The van der Waals surface area contributed by atoms with Crippen LogP contribution in [0.4, 0.5) is 0 Å². The minimum Gasteiger partial charge on any atom is -0.383 e. The maximum absolute atomic E-state index is 12.1. The van der Waals surface area contributed by atoms with E-state index < -0.39 is 0 Å². The predicted octanol–water partition coefficient (Wildman–Crippen LogP) is -0.0718. The fourth-order valence-corrected chi connectivity index (χ4v) is 1.49. The van der Waals surface area contributed by atoms with E-state index in [0.717, 1.165) is 0 Å². The van der Waals surface area contributed by atoms with Crippen LogP contribution in [-0.4, -0.2) is 66.2 Å². The summed E-state index contributed by atoms with van der Waals surface area (Å²) in [6.07, 6.45) is 1.40. The van der Waals surface area contributed by atoms with Gasteiger partial charge in [-0.2, -0.15) is 15.4 Å². The maximum Gasteiger partial charge on any atom is 0.276 e. The number of hydrogen-bond donors (Lipinski definition) is 1. The van der Waals surface area contributed by atoms with Crippen molar-refractivity contribution in [3.05, 3.63) is 11.9 Å². The Morgan fingerprint density at radius 2 is 2.29 bits per heavy atom. The van der Waals surface area contributed by atoms with E-state index in [-0.39, 0.29) is 11.9 Å². The summed E-state index contributed by atoms with van der Waals surface area (Å²) < 4.78 is 10.0. The van der Waals surface area contributed by atoms with E-state index in [2.05, 4.69) is 15.4 Å². The minimum absolute atomic E-state index is 0.0423. The molecule has 1 aromatic heterocycles. The van der Waals surface area contributed by atoms with E-state index in [9.17, 15) is 4.79 Å². The van der Waals surface area contributed by atoms with Gasteiger partial charge in [0.1, 0.15) is 0 Å². The van der Waals surface area contributed by atoms with Gasteiger partial charge in [-0.05, 0) is 6.92 Å². The number of amides is 1. The number of carbonyl (C=O) groups excluding carboxylic acids is 1. The highest BCUT2D eigenvalue weighted by molar-refractivity contribution is 5.92. The molecule has 0 aromatic carbocycles. The van der Waals surface area contributed by atoms with Gasteiger partial charge >= 0.3 is 0 Å². The van der Waals surface area contributed by atoms with E-state index in [1.165, 1.54) is 6.20 Å². The number of H-pyrrole nitrogens is 1. The van der Waals surface area contributed by atoms with Crippen LogP contribution < -0.4 is 0 Å². The zero-order valence-electron chi connectivity index (χ0n) is 10.3. The van der Waals surface area contributed by atoms with Gasteiger partial charge in [-0.3, -0.25) is 4.79 Å². The normalized spacial score (nSPS) is 12.4. The van der Waals surface area contributed by atoms with Crippen LogP contribution in [0.1, 0.15) is 17.4 Å². The van der Waals surface area contributed by atoms with Crippen molar-refractivity contribution in [1.29, 1.82) is 0 Å². The van der Waals surface area contributed by atoms with E-state index in [1.54, 1.807) is 19.1 Å². The highest BCUT2D eigenvalue weighted by Gasteiger charge is 2.22. The molecule has 0 fully saturated rings. The van der Waals surface area contributed by atoms with Gasteiger partial charge in [0.2, 0.25) is 0 Å². The van der Waals surface area contributed by atoms with Gasteiger partial charge in [0.25, 0.3) is 5.91 Å². The van der Waals surface area contributed by atoms with E-state index in [0.29, 0.717) is 25.5 Å².